The van der Waals surface area contributed by atoms with E-state index in [4.69, 9.17) is 36.3 Å². The zero-order valence-electron chi connectivity index (χ0n) is 22.8. The number of ether oxygens (including phenoxy) is 4. The van der Waals surface area contributed by atoms with Crippen LogP contribution < -0.4 is 20.3 Å². The summed E-state index contributed by atoms with van der Waals surface area (Å²) in [5, 5.41) is 0. The number of fused-ring (bicyclic) bond motifs is 3. The van der Waals surface area contributed by atoms with Crippen LogP contribution in [0.25, 0.3) is 0 Å². The number of imide groups is 1. The van der Waals surface area contributed by atoms with Gasteiger partial charge in [-0.25, -0.2) is 4.79 Å². The van der Waals surface area contributed by atoms with Crippen LogP contribution in [0.4, 0.5) is 16.2 Å². The Morgan fingerprint density at radius 3 is 2.69 bits per heavy atom. The van der Waals surface area contributed by atoms with Crippen molar-refractivity contribution in [3.8, 4) is 5.75 Å². The molecule has 4 heterocycles. The maximum atomic E-state index is 13.4. The van der Waals surface area contributed by atoms with Gasteiger partial charge in [-0.2, -0.15) is 0 Å². The number of carbonyl (C=O) groups is 5. The summed E-state index contributed by atoms with van der Waals surface area (Å²) >= 11 is 6.99. The Morgan fingerprint density at radius 2 is 2.00 bits per heavy atom. The Balaban J connectivity index is 1.34. The summed E-state index contributed by atoms with van der Waals surface area (Å²) in [6.45, 7) is 3.18. The van der Waals surface area contributed by atoms with E-state index in [1.165, 1.54) is 17.0 Å². The number of halogens is 1. The summed E-state index contributed by atoms with van der Waals surface area (Å²) in [7, 11) is 0. The smallest absolute Gasteiger partial charge is 0.415 e. The van der Waals surface area contributed by atoms with Crippen LogP contribution in [-0.4, -0.2) is 92.4 Å². The summed E-state index contributed by atoms with van der Waals surface area (Å²) < 4.78 is 22.2. The van der Waals surface area contributed by atoms with Gasteiger partial charge in [0.15, 0.2) is 6.61 Å². The molecule has 2 aromatic rings. The first-order valence-corrected chi connectivity index (χ1v) is 14.4. The summed E-state index contributed by atoms with van der Waals surface area (Å²) in [5.41, 5.74) is 6.84. The lowest BCUT2D eigenvalue weighted by Crippen LogP contribution is -2.51. The number of rotatable bonds is 8. The first-order chi connectivity index (χ1) is 20.0. The minimum absolute atomic E-state index is 0.00317. The Bertz CT molecular complexity index is 1420. The average molecular weight is 621 g/mol. The van der Waals surface area contributed by atoms with Crippen LogP contribution in [0.5, 0.6) is 5.75 Å². The van der Waals surface area contributed by atoms with Gasteiger partial charge in [0.1, 0.15) is 37.2 Å². The molecule has 1 aromatic carbocycles. The normalized spacial score (nSPS) is 20.4. The number of esters is 1. The van der Waals surface area contributed by atoms with Crippen LogP contribution >= 0.6 is 22.9 Å². The second kappa shape index (κ2) is 12.3. The molecule has 1 aromatic heterocycles. The Morgan fingerprint density at radius 1 is 1.21 bits per heavy atom. The summed E-state index contributed by atoms with van der Waals surface area (Å²) in [4.78, 5) is 68.2. The van der Waals surface area contributed by atoms with E-state index in [2.05, 4.69) is 0 Å². The van der Waals surface area contributed by atoms with Gasteiger partial charge < -0.3 is 29.6 Å². The van der Waals surface area contributed by atoms with Crippen LogP contribution in [0.15, 0.2) is 30.3 Å². The van der Waals surface area contributed by atoms with Gasteiger partial charge >= 0.3 is 12.1 Å². The molecule has 42 heavy (non-hydrogen) atoms. The molecular formula is C27H29ClN4O9S. The number of nitrogens with two attached hydrogens (primary N) is 1. The number of hydrogen-bond acceptors (Lipinski definition) is 11. The van der Waals surface area contributed by atoms with E-state index in [-0.39, 0.29) is 36.5 Å². The molecule has 0 spiro atoms. The molecule has 15 heteroatoms. The molecule has 0 saturated carbocycles. The number of nitrogens with zero attached hydrogens (tertiary/aromatic N) is 3. The quantitative estimate of drug-likeness (QED) is 0.433. The van der Waals surface area contributed by atoms with E-state index in [0.29, 0.717) is 34.6 Å². The zero-order chi connectivity index (χ0) is 30.1. The van der Waals surface area contributed by atoms with E-state index in [1.807, 2.05) is 0 Å². The number of cyclic esters (lactones) is 1. The predicted molar refractivity (Wildman–Crippen MR) is 151 cm³/mol. The van der Waals surface area contributed by atoms with Crippen LogP contribution in [0.3, 0.4) is 0 Å². The van der Waals surface area contributed by atoms with Crippen LogP contribution in [0.1, 0.15) is 23.5 Å². The Hall–Kier alpha value is -3.72. The van der Waals surface area contributed by atoms with Crippen molar-refractivity contribution in [3.05, 3.63) is 39.5 Å². The van der Waals surface area contributed by atoms with Gasteiger partial charge in [-0.15, -0.1) is 11.3 Å². The van der Waals surface area contributed by atoms with Gasteiger partial charge in [0.25, 0.3) is 17.7 Å². The molecular weight excluding hydrogens is 592 g/mol. The van der Waals surface area contributed by atoms with Gasteiger partial charge in [0, 0.05) is 18.3 Å². The summed E-state index contributed by atoms with van der Waals surface area (Å²) in [6, 6.07) is 6.40. The molecule has 0 unspecified atom stereocenters. The van der Waals surface area contributed by atoms with Crippen molar-refractivity contribution >= 4 is 64.1 Å². The molecule has 4 amide bonds. The number of carbonyl (C=O) groups excluding carboxylic acids is 5. The maximum Gasteiger partial charge on any atom is 0.415 e. The first-order valence-electron chi connectivity index (χ1n) is 13.2. The zero-order valence-corrected chi connectivity index (χ0v) is 24.4. The number of amides is 4. The number of hydrogen-bond donors (Lipinski definition) is 1. The Labute approximate surface area is 249 Å². The lowest BCUT2D eigenvalue weighted by Gasteiger charge is -2.34. The SMILES string of the molecule is CC(C)[C@@H](N)C(=O)OCC(=O)N(C[C@@H]1OC(=O)N2c3ccc(N4CCOCC4=O)cc3OC[C@@H]12)C(=O)c1ccc(Cl)s1. The highest BCUT2D eigenvalue weighted by molar-refractivity contribution is 7.18. The van der Waals surface area contributed by atoms with Crippen molar-refractivity contribution in [1.29, 1.82) is 0 Å². The highest BCUT2D eigenvalue weighted by Crippen LogP contribution is 2.41. The predicted octanol–water partition coefficient (Wildman–Crippen LogP) is 2.05. The fourth-order valence-corrected chi connectivity index (χ4v) is 5.75. The number of thiophene rings is 1. The lowest BCUT2D eigenvalue weighted by molar-refractivity contribution is -0.153. The van der Waals surface area contributed by atoms with Gasteiger partial charge in [-0.05, 0) is 30.2 Å². The van der Waals surface area contributed by atoms with Crippen LogP contribution in [0.2, 0.25) is 4.34 Å². The fourth-order valence-electron chi connectivity index (χ4n) is 4.76. The third kappa shape index (κ3) is 5.93. The van der Waals surface area contributed by atoms with Crippen molar-refractivity contribution in [2.45, 2.75) is 32.0 Å². The topological polar surface area (TPSA) is 158 Å². The number of morpholine rings is 1. The van der Waals surface area contributed by atoms with E-state index >= 15 is 0 Å². The molecule has 5 rings (SSSR count). The number of benzene rings is 1. The summed E-state index contributed by atoms with van der Waals surface area (Å²) in [6.07, 6.45) is -1.64. The van der Waals surface area contributed by atoms with Crippen molar-refractivity contribution < 1.29 is 42.9 Å². The van der Waals surface area contributed by atoms with Gasteiger partial charge in [-0.1, -0.05) is 25.4 Å². The molecule has 13 nitrogen and oxygen atoms in total. The third-order valence-corrected chi connectivity index (χ3v) is 8.36. The second-order valence-corrected chi connectivity index (χ2v) is 11.9. The molecule has 3 aliphatic heterocycles. The molecule has 2 saturated heterocycles. The molecule has 0 radical (unpaired) electrons. The molecule has 3 aliphatic rings. The minimum Gasteiger partial charge on any atom is -0.489 e. The van der Waals surface area contributed by atoms with Crippen molar-refractivity contribution in [2.24, 2.45) is 11.7 Å². The van der Waals surface area contributed by atoms with E-state index in [0.717, 1.165) is 16.2 Å². The second-order valence-electron chi connectivity index (χ2n) is 10.2. The van der Waals surface area contributed by atoms with Crippen molar-refractivity contribution in [2.75, 3.05) is 49.3 Å². The molecule has 0 aliphatic carbocycles. The first kappa shape index (κ1) is 29.8. The monoisotopic (exact) mass is 620 g/mol. The standard InChI is InChI=1S/C27H29ClN4O9S/c1-14(2)24(29)26(36)40-13-23(34)31(25(35)20-5-6-21(28)42-20)10-19-17-11-39-18-9-15(30-7-8-38-12-22(30)33)3-4-16(18)32(17)27(37)41-19/h3-6,9,14,17,19,24H,7-8,10-13,29H2,1-2H3/t17-,19-,24+/m0/s1. The van der Waals surface area contributed by atoms with Crippen molar-refractivity contribution in [1.82, 2.24) is 4.90 Å². The van der Waals surface area contributed by atoms with Gasteiger partial charge in [0.2, 0.25) is 0 Å². The van der Waals surface area contributed by atoms with Crippen LogP contribution in [-0.2, 0) is 28.6 Å². The van der Waals surface area contributed by atoms with E-state index in [9.17, 15) is 24.0 Å². The summed E-state index contributed by atoms with van der Waals surface area (Å²) in [5.74, 6) is -2.31. The van der Waals surface area contributed by atoms with Gasteiger partial charge in [0.05, 0.1) is 28.1 Å². The number of anilines is 2. The van der Waals surface area contributed by atoms with E-state index < -0.39 is 48.7 Å². The van der Waals surface area contributed by atoms with Crippen LogP contribution in [0, 0.1) is 5.92 Å². The average Bonchev–Trinajstić information content (AvgIpc) is 3.56. The maximum absolute atomic E-state index is 13.4. The Kier molecular flexibility index (Phi) is 8.68. The van der Waals surface area contributed by atoms with Gasteiger partial charge in [-0.3, -0.25) is 29.0 Å². The molecule has 3 atom stereocenters. The highest BCUT2D eigenvalue weighted by atomic mass is 35.5. The molecule has 224 valence electrons. The van der Waals surface area contributed by atoms with E-state index in [1.54, 1.807) is 36.9 Å². The molecule has 2 fully saturated rings. The lowest BCUT2D eigenvalue weighted by atomic mass is 10.1. The minimum atomic E-state index is -0.955. The molecule has 2 N–H and O–H groups in total. The molecule has 0 bridgehead atoms. The van der Waals surface area contributed by atoms with Crippen molar-refractivity contribution in [3.63, 3.8) is 0 Å². The fraction of sp³-hybridized carbons (Fsp3) is 0.444. The largest absolute Gasteiger partial charge is 0.489 e. The highest BCUT2D eigenvalue weighted by Gasteiger charge is 2.48. The third-order valence-electron chi connectivity index (χ3n) is 7.14.